The number of anilines is 1. The number of benzene rings is 2. The van der Waals surface area contributed by atoms with Gasteiger partial charge >= 0.3 is 5.69 Å². The molecular weight excluding hydrogens is 328 g/mol. The van der Waals surface area contributed by atoms with Gasteiger partial charge in [-0.15, -0.1) is 0 Å². The van der Waals surface area contributed by atoms with E-state index in [4.69, 9.17) is 0 Å². The molecule has 7 heteroatoms. The van der Waals surface area contributed by atoms with Gasteiger partial charge in [-0.2, -0.15) is 9.36 Å². The lowest BCUT2D eigenvalue weighted by Crippen LogP contribution is -2.25. The van der Waals surface area contributed by atoms with Crippen molar-refractivity contribution in [3.8, 4) is 5.69 Å². The maximum Gasteiger partial charge on any atom is 0.368 e. The molecule has 2 aromatic carbocycles. The summed E-state index contributed by atoms with van der Waals surface area (Å²) in [5, 5.41) is 10.1. The summed E-state index contributed by atoms with van der Waals surface area (Å²) in [5.74, 6) is 0.893. The molecule has 0 aliphatic rings. The lowest BCUT2D eigenvalue weighted by Gasteiger charge is -2.15. The Morgan fingerprint density at radius 2 is 1.62 bits per heavy atom. The minimum Gasteiger partial charge on any atom is -0.362 e. The SMILES string of the molecule is CN(C)c1ncc(Cn2nnn(-c3ccccc3)c2=O)c2ccccc12. The van der Waals surface area contributed by atoms with E-state index in [1.807, 2.05) is 73.6 Å². The van der Waals surface area contributed by atoms with Crippen LogP contribution in [0.4, 0.5) is 5.82 Å². The number of rotatable bonds is 4. The number of hydrogen-bond donors (Lipinski definition) is 0. The van der Waals surface area contributed by atoms with Gasteiger partial charge in [0.15, 0.2) is 0 Å². The second kappa shape index (κ2) is 6.44. The quantitative estimate of drug-likeness (QED) is 0.566. The summed E-state index contributed by atoms with van der Waals surface area (Å²) < 4.78 is 2.65. The molecule has 0 spiro atoms. The van der Waals surface area contributed by atoms with E-state index in [2.05, 4.69) is 15.4 Å². The van der Waals surface area contributed by atoms with Gasteiger partial charge in [-0.1, -0.05) is 42.5 Å². The smallest absolute Gasteiger partial charge is 0.362 e. The van der Waals surface area contributed by atoms with Crippen molar-refractivity contribution < 1.29 is 0 Å². The largest absolute Gasteiger partial charge is 0.368 e. The van der Waals surface area contributed by atoms with E-state index < -0.39 is 0 Å². The lowest BCUT2D eigenvalue weighted by atomic mass is 10.1. The van der Waals surface area contributed by atoms with Crippen molar-refractivity contribution in [2.45, 2.75) is 6.54 Å². The molecule has 0 bridgehead atoms. The molecule has 0 atom stereocenters. The minimum atomic E-state index is -0.281. The molecule has 26 heavy (non-hydrogen) atoms. The van der Waals surface area contributed by atoms with Gasteiger partial charge in [-0.05, 0) is 27.9 Å². The summed E-state index contributed by atoms with van der Waals surface area (Å²) in [7, 11) is 3.93. The maximum absolute atomic E-state index is 12.7. The van der Waals surface area contributed by atoms with E-state index in [1.165, 1.54) is 9.36 Å². The van der Waals surface area contributed by atoms with Gasteiger partial charge < -0.3 is 4.90 Å². The lowest BCUT2D eigenvalue weighted by molar-refractivity contribution is 0.633. The summed E-state index contributed by atoms with van der Waals surface area (Å²) >= 11 is 0. The first-order valence-corrected chi connectivity index (χ1v) is 8.27. The molecule has 0 aliphatic carbocycles. The predicted molar refractivity (Wildman–Crippen MR) is 101 cm³/mol. The number of fused-ring (bicyclic) bond motifs is 1. The Hall–Kier alpha value is -3.48. The minimum absolute atomic E-state index is 0.281. The van der Waals surface area contributed by atoms with Gasteiger partial charge in [-0.3, -0.25) is 0 Å². The summed E-state index contributed by atoms with van der Waals surface area (Å²) in [6.45, 7) is 0.312. The summed E-state index contributed by atoms with van der Waals surface area (Å²) in [4.78, 5) is 19.2. The molecule has 130 valence electrons. The molecule has 0 fully saturated rings. The van der Waals surface area contributed by atoms with Gasteiger partial charge in [0, 0.05) is 31.2 Å². The van der Waals surface area contributed by atoms with E-state index in [1.54, 1.807) is 6.20 Å². The highest BCUT2D eigenvalue weighted by Gasteiger charge is 2.13. The van der Waals surface area contributed by atoms with Crippen molar-refractivity contribution >= 4 is 16.6 Å². The Morgan fingerprint density at radius 1 is 0.923 bits per heavy atom. The van der Waals surface area contributed by atoms with Crippen LogP contribution in [0.1, 0.15) is 5.56 Å². The van der Waals surface area contributed by atoms with Crippen LogP contribution in [0, 0.1) is 0 Å². The molecule has 2 heterocycles. The average molecular weight is 346 g/mol. The molecule has 0 aliphatic heterocycles. The summed E-state index contributed by atoms with van der Waals surface area (Å²) in [6.07, 6.45) is 1.80. The second-order valence-electron chi connectivity index (χ2n) is 6.21. The van der Waals surface area contributed by atoms with Crippen LogP contribution in [0.3, 0.4) is 0 Å². The molecule has 0 amide bonds. The molecule has 7 nitrogen and oxygen atoms in total. The molecule has 4 rings (SSSR count). The average Bonchev–Trinajstić information content (AvgIpc) is 3.03. The fourth-order valence-corrected chi connectivity index (χ4v) is 2.98. The zero-order valence-electron chi connectivity index (χ0n) is 14.6. The van der Waals surface area contributed by atoms with Gasteiger partial charge in [-0.25, -0.2) is 9.78 Å². The van der Waals surface area contributed by atoms with E-state index >= 15 is 0 Å². The first-order valence-electron chi connectivity index (χ1n) is 8.27. The van der Waals surface area contributed by atoms with Crippen LogP contribution >= 0.6 is 0 Å². The Bertz CT molecular complexity index is 1110. The van der Waals surface area contributed by atoms with Crippen LogP contribution in [0.5, 0.6) is 0 Å². The van der Waals surface area contributed by atoms with Gasteiger partial charge in [0.1, 0.15) is 5.82 Å². The number of pyridine rings is 1. The van der Waals surface area contributed by atoms with Crippen molar-refractivity contribution in [2.24, 2.45) is 0 Å². The topological polar surface area (TPSA) is 68.8 Å². The molecule has 0 radical (unpaired) electrons. The monoisotopic (exact) mass is 346 g/mol. The second-order valence-corrected chi connectivity index (χ2v) is 6.21. The number of hydrogen-bond acceptors (Lipinski definition) is 5. The maximum atomic E-state index is 12.7. The van der Waals surface area contributed by atoms with Gasteiger partial charge in [0.25, 0.3) is 0 Å². The molecule has 4 aromatic rings. The Balaban J connectivity index is 1.77. The molecule has 0 unspecified atom stereocenters. The van der Waals surface area contributed by atoms with E-state index in [9.17, 15) is 4.79 Å². The van der Waals surface area contributed by atoms with Crippen molar-refractivity contribution in [3.05, 3.63) is 76.8 Å². The number of para-hydroxylation sites is 1. The fraction of sp³-hybridized carbons (Fsp3) is 0.158. The highest BCUT2D eigenvalue weighted by Crippen LogP contribution is 2.26. The highest BCUT2D eigenvalue weighted by atomic mass is 16.2. The zero-order chi connectivity index (χ0) is 18.1. The predicted octanol–water partition coefficient (Wildman–Crippen LogP) is 2.09. The standard InChI is InChI=1S/C19H18N6O/c1-23(2)18-17-11-7-6-10-16(17)14(12-20-18)13-24-19(26)25(22-21-24)15-8-4-3-5-9-15/h3-12H,13H2,1-2H3. The van der Waals surface area contributed by atoms with Crippen LogP contribution in [-0.4, -0.2) is 38.9 Å². The third-order valence-corrected chi connectivity index (χ3v) is 4.24. The van der Waals surface area contributed by atoms with Crippen LogP contribution < -0.4 is 10.6 Å². The van der Waals surface area contributed by atoms with Crippen molar-refractivity contribution in [3.63, 3.8) is 0 Å². The van der Waals surface area contributed by atoms with Crippen molar-refractivity contribution in [1.82, 2.24) is 24.8 Å². The van der Waals surface area contributed by atoms with E-state index in [0.717, 1.165) is 22.2 Å². The van der Waals surface area contributed by atoms with Gasteiger partial charge in [0.2, 0.25) is 0 Å². The molecule has 2 aromatic heterocycles. The summed E-state index contributed by atoms with van der Waals surface area (Å²) in [6, 6.07) is 17.3. The Morgan fingerprint density at radius 3 is 2.35 bits per heavy atom. The first-order chi connectivity index (χ1) is 12.6. The third-order valence-electron chi connectivity index (χ3n) is 4.24. The summed E-state index contributed by atoms with van der Waals surface area (Å²) in [5.41, 5.74) is 1.33. The molecule has 0 saturated heterocycles. The number of nitrogens with zero attached hydrogens (tertiary/aromatic N) is 6. The normalized spacial score (nSPS) is 11.0. The van der Waals surface area contributed by atoms with Crippen LogP contribution in [0.25, 0.3) is 16.5 Å². The highest BCUT2D eigenvalue weighted by molar-refractivity contribution is 5.94. The molecule has 0 N–H and O–H groups in total. The van der Waals surface area contributed by atoms with Crippen LogP contribution in [-0.2, 0) is 6.54 Å². The fourth-order valence-electron chi connectivity index (χ4n) is 2.98. The number of aromatic nitrogens is 5. The van der Waals surface area contributed by atoms with Gasteiger partial charge in [0.05, 0.1) is 12.2 Å². The van der Waals surface area contributed by atoms with Crippen molar-refractivity contribution in [2.75, 3.05) is 19.0 Å². The molecular formula is C19H18N6O. The Labute approximate surface area is 150 Å². The molecule has 0 saturated carbocycles. The number of tetrazole rings is 1. The zero-order valence-corrected chi connectivity index (χ0v) is 14.6. The third kappa shape index (κ3) is 2.73. The van der Waals surface area contributed by atoms with Crippen LogP contribution in [0.15, 0.2) is 65.6 Å². The first kappa shape index (κ1) is 16.0. The Kier molecular flexibility index (Phi) is 3.96. The van der Waals surface area contributed by atoms with E-state index in [0.29, 0.717) is 12.2 Å². The van der Waals surface area contributed by atoms with Crippen LogP contribution in [0.2, 0.25) is 0 Å². The van der Waals surface area contributed by atoms with Crippen molar-refractivity contribution in [1.29, 1.82) is 0 Å². The van der Waals surface area contributed by atoms with E-state index in [-0.39, 0.29) is 5.69 Å².